The first-order chi connectivity index (χ1) is 12.6. The van der Waals surface area contributed by atoms with Crippen LogP contribution in [0.1, 0.15) is 36.3 Å². The lowest BCUT2D eigenvalue weighted by molar-refractivity contribution is -0.138. The highest BCUT2D eigenvalue weighted by Gasteiger charge is 2.44. The molecule has 2 atom stereocenters. The molecule has 4 nitrogen and oxygen atoms in total. The molecule has 0 aliphatic heterocycles. The van der Waals surface area contributed by atoms with Gasteiger partial charge in [-0.25, -0.2) is 9.37 Å². The molecule has 4 rings (SSSR count). The van der Waals surface area contributed by atoms with E-state index in [1.54, 1.807) is 30.1 Å². The van der Waals surface area contributed by atoms with Crippen LogP contribution in [0, 0.1) is 17.7 Å². The molecule has 2 fully saturated rings. The molecule has 1 N–H and O–H groups in total. The molecular weight excluding hydrogens is 353 g/mol. The first kappa shape index (κ1) is 17.3. The molecular formula is C20H20FNO3S. The molecule has 2 saturated carbocycles. The van der Waals surface area contributed by atoms with Crippen LogP contribution in [-0.2, 0) is 11.4 Å². The highest BCUT2D eigenvalue weighted by molar-refractivity contribution is 7.99. The average Bonchev–Trinajstić information content (AvgIpc) is 3.53. The summed E-state index contributed by atoms with van der Waals surface area (Å²) in [4.78, 5) is 15.4. The SMILES string of the molecule is O=C(O)C1CC1c1ccc(OCc2cccnc2SCC2CC2)c(F)c1. The Morgan fingerprint density at radius 2 is 2.19 bits per heavy atom. The number of ether oxygens (including phenoxy) is 1. The van der Waals surface area contributed by atoms with E-state index in [1.165, 1.54) is 18.9 Å². The molecule has 0 radical (unpaired) electrons. The van der Waals surface area contributed by atoms with Crippen LogP contribution >= 0.6 is 11.8 Å². The highest BCUT2D eigenvalue weighted by atomic mass is 32.2. The van der Waals surface area contributed by atoms with Crippen LogP contribution in [0.15, 0.2) is 41.6 Å². The molecule has 1 aromatic heterocycles. The number of carbonyl (C=O) groups is 1. The van der Waals surface area contributed by atoms with Crippen molar-refractivity contribution in [3.63, 3.8) is 0 Å². The second-order valence-electron chi connectivity index (χ2n) is 6.99. The minimum atomic E-state index is -0.816. The molecule has 1 heterocycles. The first-order valence-corrected chi connectivity index (χ1v) is 9.82. The summed E-state index contributed by atoms with van der Waals surface area (Å²) in [5.41, 5.74) is 1.68. The lowest BCUT2D eigenvalue weighted by Crippen LogP contribution is -2.02. The fraction of sp³-hybridized carbons (Fsp3) is 0.400. The van der Waals surface area contributed by atoms with Gasteiger partial charge in [-0.05, 0) is 54.9 Å². The van der Waals surface area contributed by atoms with E-state index in [2.05, 4.69) is 4.98 Å². The Morgan fingerprint density at radius 3 is 2.88 bits per heavy atom. The first-order valence-electron chi connectivity index (χ1n) is 8.83. The molecule has 0 amide bonds. The number of pyridine rings is 1. The van der Waals surface area contributed by atoms with Gasteiger partial charge in [0.05, 0.1) is 5.92 Å². The van der Waals surface area contributed by atoms with Crippen molar-refractivity contribution in [1.29, 1.82) is 0 Å². The Bertz CT molecular complexity index is 824. The Labute approximate surface area is 155 Å². The molecule has 2 aliphatic rings. The van der Waals surface area contributed by atoms with Crippen LogP contribution in [0.4, 0.5) is 4.39 Å². The van der Waals surface area contributed by atoms with Gasteiger partial charge in [-0.2, -0.15) is 0 Å². The fourth-order valence-corrected chi connectivity index (χ4v) is 4.18. The standard InChI is InChI=1S/C20H20FNO3S/c21-17-8-13(15-9-16(15)20(23)24)5-6-18(17)25-10-14-2-1-7-22-19(14)26-11-12-3-4-12/h1-2,5-8,12,15-16H,3-4,9-11H2,(H,23,24). The molecule has 2 aromatic rings. The van der Waals surface area contributed by atoms with Gasteiger partial charge in [-0.3, -0.25) is 4.79 Å². The van der Waals surface area contributed by atoms with E-state index in [1.807, 2.05) is 12.1 Å². The third kappa shape index (κ3) is 4.01. The minimum Gasteiger partial charge on any atom is -0.486 e. The summed E-state index contributed by atoms with van der Waals surface area (Å²) in [7, 11) is 0. The van der Waals surface area contributed by atoms with Crippen LogP contribution in [-0.4, -0.2) is 21.8 Å². The maximum Gasteiger partial charge on any atom is 0.307 e. The molecule has 0 spiro atoms. The van der Waals surface area contributed by atoms with Crippen molar-refractivity contribution in [2.75, 3.05) is 5.75 Å². The van der Waals surface area contributed by atoms with Crippen LogP contribution in [0.5, 0.6) is 5.75 Å². The minimum absolute atomic E-state index is 0.0835. The van der Waals surface area contributed by atoms with E-state index in [-0.39, 0.29) is 24.2 Å². The van der Waals surface area contributed by atoms with Crippen molar-refractivity contribution in [1.82, 2.24) is 4.98 Å². The highest BCUT2D eigenvalue weighted by Crippen LogP contribution is 2.48. The maximum absolute atomic E-state index is 14.3. The van der Waals surface area contributed by atoms with Crippen LogP contribution < -0.4 is 4.74 Å². The van der Waals surface area contributed by atoms with Gasteiger partial charge in [0.1, 0.15) is 11.6 Å². The number of carboxylic acid groups (broad SMARTS) is 1. The molecule has 2 unspecified atom stereocenters. The van der Waals surface area contributed by atoms with Gasteiger partial charge in [0, 0.05) is 17.5 Å². The van der Waals surface area contributed by atoms with Crippen molar-refractivity contribution in [3.8, 4) is 5.75 Å². The van der Waals surface area contributed by atoms with Gasteiger partial charge in [-0.1, -0.05) is 12.1 Å². The summed E-state index contributed by atoms with van der Waals surface area (Å²) in [5, 5.41) is 9.94. The number of thioether (sulfide) groups is 1. The monoisotopic (exact) mass is 373 g/mol. The van der Waals surface area contributed by atoms with E-state index in [4.69, 9.17) is 9.84 Å². The van der Waals surface area contributed by atoms with E-state index in [0.717, 1.165) is 27.8 Å². The zero-order valence-corrected chi connectivity index (χ0v) is 15.0. The maximum atomic E-state index is 14.3. The summed E-state index contributed by atoms with van der Waals surface area (Å²) in [6.45, 7) is 0.262. The number of hydrogen-bond acceptors (Lipinski definition) is 4. The number of hydrogen-bond donors (Lipinski definition) is 1. The number of benzene rings is 1. The van der Waals surface area contributed by atoms with Crippen LogP contribution in [0.25, 0.3) is 0 Å². The second kappa shape index (κ2) is 7.27. The van der Waals surface area contributed by atoms with Gasteiger partial charge < -0.3 is 9.84 Å². The number of carboxylic acids is 1. The zero-order chi connectivity index (χ0) is 18.1. The van der Waals surface area contributed by atoms with E-state index >= 15 is 0 Å². The van der Waals surface area contributed by atoms with Gasteiger partial charge >= 0.3 is 5.97 Å². The largest absolute Gasteiger partial charge is 0.486 e. The summed E-state index contributed by atoms with van der Waals surface area (Å²) < 4.78 is 20.0. The van der Waals surface area contributed by atoms with Crippen molar-refractivity contribution >= 4 is 17.7 Å². The molecule has 0 saturated heterocycles. The Morgan fingerprint density at radius 1 is 1.35 bits per heavy atom. The molecule has 2 aliphatic carbocycles. The fourth-order valence-electron chi connectivity index (χ4n) is 3.00. The summed E-state index contributed by atoms with van der Waals surface area (Å²) in [5.74, 6) is 0.320. The number of aliphatic carboxylic acids is 1. The smallest absolute Gasteiger partial charge is 0.307 e. The van der Waals surface area contributed by atoms with Crippen LogP contribution in [0.3, 0.4) is 0 Å². The lowest BCUT2D eigenvalue weighted by Gasteiger charge is -2.11. The molecule has 0 bridgehead atoms. The van der Waals surface area contributed by atoms with Crippen molar-refractivity contribution in [2.45, 2.75) is 36.8 Å². The van der Waals surface area contributed by atoms with Gasteiger partial charge in [-0.15, -0.1) is 11.8 Å². The molecule has 136 valence electrons. The van der Waals surface area contributed by atoms with Crippen molar-refractivity contribution < 1.29 is 19.0 Å². The van der Waals surface area contributed by atoms with Crippen molar-refractivity contribution in [2.24, 2.45) is 11.8 Å². The number of halogens is 1. The summed E-state index contributed by atoms with van der Waals surface area (Å²) >= 11 is 1.73. The summed E-state index contributed by atoms with van der Waals surface area (Å²) in [6, 6.07) is 8.57. The van der Waals surface area contributed by atoms with E-state index in [9.17, 15) is 9.18 Å². The normalized spacial score (nSPS) is 21.4. The Kier molecular flexibility index (Phi) is 4.85. The molecule has 1 aromatic carbocycles. The Hall–Kier alpha value is -2.08. The van der Waals surface area contributed by atoms with Crippen molar-refractivity contribution in [3.05, 3.63) is 53.5 Å². The second-order valence-corrected chi connectivity index (χ2v) is 8.00. The van der Waals surface area contributed by atoms with Crippen LogP contribution in [0.2, 0.25) is 0 Å². The summed E-state index contributed by atoms with van der Waals surface area (Å²) in [6.07, 6.45) is 4.94. The van der Waals surface area contributed by atoms with E-state index < -0.39 is 11.8 Å². The quantitative estimate of drug-likeness (QED) is 0.691. The number of nitrogens with zero attached hydrogens (tertiary/aromatic N) is 1. The van der Waals surface area contributed by atoms with Gasteiger partial charge in [0.15, 0.2) is 11.6 Å². The number of aromatic nitrogens is 1. The molecule has 6 heteroatoms. The van der Waals surface area contributed by atoms with E-state index in [0.29, 0.717) is 6.42 Å². The number of rotatable bonds is 8. The van der Waals surface area contributed by atoms with Gasteiger partial charge in [0.2, 0.25) is 0 Å². The third-order valence-electron chi connectivity index (χ3n) is 4.88. The predicted octanol–water partition coefficient (Wildman–Crippen LogP) is 4.49. The topological polar surface area (TPSA) is 59.4 Å². The molecule has 26 heavy (non-hydrogen) atoms. The van der Waals surface area contributed by atoms with Gasteiger partial charge in [0.25, 0.3) is 0 Å². The predicted molar refractivity (Wildman–Crippen MR) is 96.9 cm³/mol. The Balaban J connectivity index is 1.39. The third-order valence-corrected chi connectivity index (χ3v) is 6.16. The average molecular weight is 373 g/mol. The lowest BCUT2D eigenvalue weighted by atomic mass is 10.1. The zero-order valence-electron chi connectivity index (χ0n) is 14.2.